The van der Waals surface area contributed by atoms with Crippen LogP contribution < -0.4 is 15.2 Å². The number of carbonyl (C=O) groups excluding carboxylic acids is 1. The molecule has 11 heteroatoms. The van der Waals surface area contributed by atoms with E-state index >= 15 is 0 Å². The Kier molecular flexibility index (Phi) is 7.55. The third kappa shape index (κ3) is 5.28. The summed E-state index contributed by atoms with van der Waals surface area (Å²) in [6.45, 7) is 4.70. The first-order chi connectivity index (χ1) is 19.2. The number of aryl methyl sites for hydroxylation is 1. The van der Waals surface area contributed by atoms with E-state index in [4.69, 9.17) is 4.74 Å². The predicted molar refractivity (Wildman–Crippen MR) is 149 cm³/mol. The molecule has 1 fully saturated rings. The summed E-state index contributed by atoms with van der Waals surface area (Å²) in [7, 11) is 1.65. The van der Waals surface area contributed by atoms with E-state index in [1.807, 2.05) is 24.0 Å². The average molecular weight is 551 g/mol. The Morgan fingerprint density at radius 1 is 1.10 bits per heavy atom. The molecule has 1 atom stereocenters. The largest absolute Gasteiger partial charge is 0.434 e. The van der Waals surface area contributed by atoms with Gasteiger partial charge in [-0.15, -0.1) is 0 Å². The molecule has 2 aromatic heterocycles. The van der Waals surface area contributed by atoms with Gasteiger partial charge in [0.1, 0.15) is 5.75 Å². The van der Waals surface area contributed by atoms with Gasteiger partial charge in [-0.1, -0.05) is 30.7 Å². The summed E-state index contributed by atoms with van der Waals surface area (Å²) in [6, 6.07) is 10.7. The fourth-order valence-corrected chi connectivity index (χ4v) is 5.32. The number of fused-ring (bicyclic) bond motifs is 1. The van der Waals surface area contributed by atoms with Crippen molar-refractivity contribution in [1.82, 2.24) is 24.2 Å². The highest BCUT2D eigenvalue weighted by atomic mass is 19.3. The van der Waals surface area contributed by atoms with Gasteiger partial charge in [0.15, 0.2) is 0 Å². The summed E-state index contributed by atoms with van der Waals surface area (Å²) in [4.78, 5) is 38.1. The third-order valence-electron chi connectivity index (χ3n) is 7.54. The summed E-state index contributed by atoms with van der Waals surface area (Å²) < 4.78 is 34.1. The van der Waals surface area contributed by atoms with Crippen molar-refractivity contribution in [2.75, 3.05) is 24.5 Å². The topological polar surface area (TPSA) is 85.5 Å². The van der Waals surface area contributed by atoms with Crippen LogP contribution in [0.4, 0.5) is 14.7 Å². The minimum atomic E-state index is -2.95. The number of hydrogen-bond donors (Lipinski definition) is 0. The Morgan fingerprint density at radius 3 is 2.52 bits per heavy atom. The zero-order valence-electron chi connectivity index (χ0n) is 23.0. The molecule has 1 aliphatic heterocycles. The van der Waals surface area contributed by atoms with E-state index in [2.05, 4.69) is 21.8 Å². The van der Waals surface area contributed by atoms with E-state index in [-0.39, 0.29) is 29.8 Å². The Labute approximate surface area is 230 Å². The van der Waals surface area contributed by atoms with Gasteiger partial charge in [0.05, 0.1) is 17.4 Å². The number of alkyl halides is 2. The number of carbonyl (C=O) groups is 1. The van der Waals surface area contributed by atoms with Crippen molar-refractivity contribution in [1.29, 1.82) is 0 Å². The van der Waals surface area contributed by atoms with Crippen molar-refractivity contribution in [2.24, 2.45) is 7.05 Å². The van der Waals surface area contributed by atoms with Crippen molar-refractivity contribution in [2.45, 2.75) is 46.4 Å². The lowest BCUT2D eigenvalue weighted by Gasteiger charge is -2.40. The maximum absolute atomic E-state index is 13.0. The van der Waals surface area contributed by atoms with Gasteiger partial charge >= 0.3 is 6.61 Å². The number of amides is 1. The molecule has 1 saturated heterocycles. The van der Waals surface area contributed by atoms with Crippen molar-refractivity contribution in [3.05, 3.63) is 70.3 Å². The maximum atomic E-state index is 13.0. The molecule has 9 nitrogen and oxygen atoms in total. The molecule has 40 heavy (non-hydrogen) atoms. The highest BCUT2D eigenvalue weighted by Crippen LogP contribution is 2.28. The van der Waals surface area contributed by atoms with Crippen LogP contribution in [0.25, 0.3) is 22.0 Å². The Hall–Kier alpha value is -4.28. The summed E-state index contributed by atoms with van der Waals surface area (Å²) in [5, 5.41) is 0.516. The molecule has 3 heterocycles. The van der Waals surface area contributed by atoms with Crippen LogP contribution in [0.2, 0.25) is 0 Å². The van der Waals surface area contributed by atoms with Gasteiger partial charge in [0.2, 0.25) is 11.9 Å². The Balaban J connectivity index is 1.46. The second kappa shape index (κ2) is 11.1. The van der Waals surface area contributed by atoms with Crippen molar-refractivity contribution in [3.63, 3.8) is 0 Å². The molecule has 0 spiro atoms. The second-order valence-electron chi connectivity index (χ2n) is 10.1. The van der Waals surface area contributed by atoms with Gasteiger partial charge in [-0.2, -0.15) is 8.78 Å². The van der Waals surface area contributed by atoms with Crippen LogP contribution in [-0.4, -0.2) is 62.4 Å². The molecule has 0 unspecified atom stereocenters. The van der Waals surface area contributed by atoms with Gasteiger partial charge in [0, 0.05) is 63.2 Å². The first-order valence-corrected chi connectivity index (χ1v) is 13.2. The molecule has 1 aliphatic rings. The maximum Gasteiger partial charge on any atom is 0.387 e. The number of anilines is 1. The van der Waals surface area contributed by atoms with Gasteiger partial charge in [-0.25, -0.2) is 9.97 Å². The van der Waals surface area contributed by atoms with Crippen molar-refractivity contribution in [3.8, 4) is 16.9 Å². The molecular weight excluding hydrogens is 518 g/mol. The summed E-state index contributed by atoms with van der Waals surface area (Å²) in [5.74, 6) is 0.761. The quantitative estimate of drug-likeness (QED) is 0.343. The van der Waals surface area contributed by atoms with Crippen molar-refractivity contribution >= 4 is 22.8 Å². The molecule has 0 bridgehead atoms. The first-order valence-electron chi connectivity index (χ1n) is 13.2. The van der Waals surface area contributed by atoms with E-state index in [1.165, 1.54) is 10.7 Å². The molecule has 1 amide bonds. The van der Waals surface area contributed by atoms with E-state index in [0.29, 0.717) is 42.0 Å². The predicted octanol–water partition coefficient (Wildman–Crippen LogP) is 4.20. The smallest absolute Gasteiger partial charge is 0.387 e. The van der Waals surface area contributed by atoms with Crippen LogP contribution in [0.15, 0.2) is 53.6 Å². The number of hydrogen-bond acceptors (Lipinski definition) is 6. The SMILES string of the molecule is CC[C@@H]1CN(C(C)=O)CCN1c1ncc(-c2ccc3c(=O)n(C)n(Cc4cc(C)ccc4OC(F)F)c3c2)cn1. The summed E-state index contributed by atoms with van der Waals surface area (Å²) >= 11 is 0. The van der Waals surface area contributed by atoms with E-state index < -0.39 is 6.61 Å². The fourth-order valence-electron chi connectivity index (χ4n) is 5.32. The lowest BCUT2D eigenvalue weighted by Crippen LogP contribution is -2.54. The van der Waals surface area contributed by atoms with Gasteiger partial charge in [-0.3, -0.25) is 19.0 Å². The molecule has 0 saturated carbocycles. The minimum Gasteiger partial charge on any atom is -0.434 e. The normalized spacial score (nSPS) is 15.7. The zero-order chi connectivity index (χ0) is 28.6. The molecule has 210 valence electrons. The Bertz CT molecular complexity index is 1600. The van der Waals surface area contributed by atoms with E-state index in [1.54, 1.807) is 49.2 Å². The van der Waals surface area contributed by atoms with Gasteiger partial charge in [-0.05, 0) is 37.1 Å². The number of halogens is 2. The highest BCUT2D eigenvalue weighted by molar-refractivity contribution is 5.84. The first kappa shape index (κ1) is 27.3. The molecular formula is C29H32F2N6O3. The minimum absolute atomic E-state index is 0.0734. The number of rotatable bonds is 7. The second-order valence-corrected chi connectivity index (χ2v) is 10.1. The third-order valence-corrected chi connectivity index (χ3v) is 7.54. The summed E-state index contributed by atoms with van der Waals surface area (Å²) in [5.41, 5.74) is 3.50. The molecule has 0 N–H and O–H groups in total. The number of nitrogens with zero attached hydrogens (tertiary/aromatic N) is 6. The number of piperazine rings is 1. The average Bonchev–Trinajstić information content (AvgIpc) is 3.18. The van der Waals surface area contributed by atoms with E-state index in [9.17, 15) is 18.4 Å². The molecule has 5 rings (SSSR count). The van der Waals surface area contributed by atoms with Gasteiger partial charge in [0.25, 0.3) is 5.56 Å². The van der Waals surface area contributed by atoms with Crippen LogP contribution in [0.1, 0.15) is 31.4 Å². The van der Waals surface area contributed by atoms with Crippen LogP contribution in [-0.2, 0) is 18.4 Å². The van der Waals surface area contributed by atoms with Crippen LogP contribution in [0.5, 0.6) is 5.75 Å². The van der Waals surface area contributed by atoms with Crippen molar-refractivity contribution < 1.29 is 18.3 Å². The molecule has 4 aromatic rings. The fraction of sp³-hybridized carbons (Fsp3) is 0.379. The standard InChI is InChI=1S/C29H32F2N6O3/c1-5-23-17-35(19(3)38)10-11-36(23)29-32-14-22(15-33-29)20-7-8-24-25(13-20)37(34(4)27(24)39)16-21-12-18(2)6-9-26(21)40-28(30)31/h6-9,12-15,23,28H,5,10-11,16-17H2,1-4H3/t23-/m1/s1. The lowest BCUT2D eigenvalue weighted by molar-refractivity contribution is -0.129. The van der Waals surface area contributed by atoms with Gasteiger partial charge < -0.3 is 14.5 Å². The Morgan fingerprint density at radius 2 is 1.85 bits per heavy atom. The van der Waals surface area contributed by atoms with E-state index in [0.717, 1.165) is 23.1 Å². The van der Waals surface area contributed by atoms with Crippen LogP contribution in [0, 0.1) is 6.92 Å². The monoisotopic (exact) mass is 550 g/mol. The number of benzene rings is 2. The lowest BCUT2D eigenvalue weighted by atomic mass is 10.1. The zero-order valence-corrected chi connectivity index (χ0v) is 23.0. The highest BCUT2D eigenvalue weighted by Gasteiger charge is 2.28. The summed E-state index contributed by atoms with van der Waals surface area (Å²) in [6.07, 6.45) is 4.38. The molecule has 2 aromatic carbocycles. The van der Waals surface area contributed by atoms with Crippen LogP contribution in [0.3, 0.4) is 0 Å². The molecule has 0 aliphatic carbocycles. The van der Waals surface area contributed by atoms with Crippen LogP contribution >= 0.6 is 0 Å². The number of ether oxygens (including phenoxy) is 1. The molecule has 0 radical (unpaired) electrons. The number of aromatic nitrogens is 4.